The maximum Gasteiger partial charge on any atom is 0.191 e. The Bertz CT molecular complexity index is 452. The van der Waals surface area contributed by atoms with Crippen LogP contribution in [0.15, 0.2) is 17.1 Å². The molecule has 0 atom stereocenters. The van der Waals surface area contributed by atoms with Gasteiger partial charge in [-0.05, 0) is 51.3 Å². The van der Waals surface area contributed by atoms with E-state index in [9.17, 15) is 0 Å². The van der Waals surface area contributed by atoms with Crippen molar-refractivity contribution in [3.63, 3.8) is 0 Å². The molecule has 0 saturated heterocycles. The van der Waals surface area contributed by atoms with Gasteiger partial charge in [-0.2, -0.15) is 0 Å². The van der Waals surface area contributed by atoms with Gasteiger partial charge < -0.3 is 15.4 Å². The summed E-state index contributed by atoms with van der Waals surface area (Å²) in [7, 11) is 0. The van der Waals surface area contributed by atoms with E-state index >= 15 is 0 Å². The fraction of sp³-hybridized carbons (Fsp3) is 0.588. The first-order chi connectivity index (χ1) is 10.1. The SMILES string of the molecule is CCNC(=NCc1c(C)cc(C)cc1C)NCCOCC.I. The van der Waals surface area contributed by atoms with E-state index in [1.165, 1.54) is 22.3 Å². The molecule has 5 heteroatoms. The molecule has 2 N–H and O–H groups in total. The third kappa shape index (κ3) is 7.45. The Balaban J connectivity index is 0.00000441. The zero-order valence-electron chi connectivity index (χ0n) is 14.5. The van der Waals surface area contributed by atoms with Gasteiger partial charge in [-0.3, -0.25) is 0 Å². The topological polar surface area (TPSA) is 45.7 Å². The largest absolute Gasteiger partial charge is 0.380 e. The standard InChI is InChI=1S/C17H29N3O.HI/c1-6-18-17(19-8-9-21-7-2)20-12-16-14(4)10-13(3)11-15(16)5;/h10-11H,6-9,12H2,1-5H3,(H2,18,19,20);1H. The number of aliphatic imine (C=N–C) groups is 1. The van der Waals surface area contributed by atoms with Gasteiger partial charge in [0.25, 0.3) is 0 Å². The quantitative estimate of drug-likeness (QED) is 0.309. The van der Waals surface area contributed by atoms with Crippen LogP contribution in [0.4, 0.5) is 0 Å². The maximum absolute atomic E-state index is 5.33. The highest BCUT2D eigenvalue weighted by atomic mass is 127. The monoisotopic (exact) mass is 419 g/mol. The summed E-state index contributed by atoms with van der Waals surface area (Å²) in [5.41, 5.74) is 5.23. The third-order valence-electron chi connectivity index (χ3n) is 3.32. The molecule has 0 amide bonds. The lowest BCUT2D eigenvalue weighted by Crippen LogP contribution is -2.39. The highest BCUT2D eigenvalue weighted by Crippen LogP contribution is 2.17. The average molecular weight is 419 g/mol. The normalized spacial score (nSPS) is 11.0. The van der Waals surface area contributed by atoms with Crippen LogP contribution in [-0.4, -0.2) is 32.3 Å². The van der Waals surface area contributed by atoms with E-state index in [2.05, 4.69) is 55.5 Å². The number of hydrogen-bond acceptors (Lipinski definition) is 2. The number of nitrogens with zero attached hydrogens (tertiary/aromatic N) is 1. The fourth-order valence-corrected chi connectivity index (χ4v) is 2.35. The van der Waals surface area contributed by atoms with E-state index < -0.39 is 0 Å². The molecule has 0 heterocycles. The number of aryl methyl sites for hydroxylation is 3. The number of rotatable bonds is 7. The van der Waals surface area contributed by atoms with Crippen molar-refractivity contribution in [3.8, 4) is 0 Å². The molecule has 0 unspecified atom stereocenters. The van der Waals surface area contributed by atoms with Crippen LogP contribution in [0.2, 0.25) is 0 Å². The van der Waals surface area contributed by atoms with Crippen LogP contribution in [0.25, 0.3) is 0 Å². The Labute approximate surface area is 152 Å². The highest BCUT2D eigenvalue weighted by Gasteiger charge is 2.04. The van der Waals surface area contributed by atoms with Crippen LogP contribution in [0.5, 0.6) is 0 Å². The highest BCUT2D eigenvalue weighted by molar-refractivity contribution is 14.0. The van der Waals surface area contributed by atoms with Gasteiger partial charge in [-0.15, -0.1) is 24.0 Å². The minimum absolute atomic E-state index is 0. The molecule has 0 aliphatic rings. The van der Waals surface area contributed by atoms with Crippen LogP contribution in [0.1, 0.15) is 36.1 Å². The van der Waals surface area contributed by atoms with Crippen molar-refractivity contribution in [2.45, 2.75) is 41.2 Å². The molecule has 126 valence electrons. The molecule has 1 aromatic rings. The predicted molar refractivity (Wildman–Crippen MR) is 105 cm³/mol. The van der Waals surface area contributed by atoms with E-state index in [4.69, 9.17) is 4.74 Å². The van der Waals surface area contributed by atoms with Gasteiger partial charge in [0.15, 0.2) is 5.96 Å². The molecular formula is C17H30IN3O. The first kappa shape index (κ1) is 21.2. The van der Waals surface area contributed by atoms with E-state index in [1.54, 1.807) is 0 Å². The van der Waals surface area contributed by atoms with Crippen LogP contribution >= 0.6 is 24.0 Å². The molecule has 0 bridgehead atoms. The van der Waals surface area contributed by atoms with Crippen molar-refractivity contribution in [1.29, 1.82) is 0 Å². The number of nitrogens with one attached hydrogen (secondary N) is 2. The second-order valence-corrected chi connectivity index (χ2v) is 5.20. The Hall–Kier alpha value is -0.820. The molecule has 1 aromatic carbocycles. The van der Waals surface area contributed by atoms with Gasteiger partial charge in [0.05, 0.1) is 13.2 Å². The summed E-state index contributed by atoms with van der Waals surface area (Å²) in [6, 6.07) is 4.43. The summed E-state index contributed by atoms with van der Waals surface area (Å²) in [6.07, 6.45) is 0. The molecule has 0 aliphatic heterocycles. The van der Waals surface area contributed by atoms with Crippen molar-refractivity contribution in [2.24, 2.45) is 4.99 Å². The molecule has 4 nitrogen and oxygen atoms in total. The Kier molecular flexibility index (Phi) is 11.3. The fourth-order valence-electron chi connectivity index (χ4n) is 2.35. The second-order valence-electron chi connectivity index (χ2n) is 5.20. The van der Waals surface area contributed by atoms with Crippen molar-refractivity contribution >= 4 is 29.9 Å². The van der Waals surface area contributed by atoms with E-state index in [0.717, 1.165) is 25.7 Å². The van der Waals surface area contributed by atoms with E-state index in [1.807, 2.05) is 6.92 Å². The summed E-state index contributed by atoms with van der Waals surface area (Å²) in [4.78, 5) is 4.67. The Morgan fingerprint density at radius 3 is 2.27 bits per heavy atom. The minimum Gasteiger partial charge on any atom is -0.380 e. The summed E-state index contributed by atoms with van der Waals surface area (Å²) < 4.78 is 5.33. The summed E-state index contributed by atoms with van der Waals surface area (Å²) in [5, 5.41) is 6.55. The third-order valence-corrected chi connectivity index (χ3v) is 3.32. The average Bonchev–Trinajstić information content (AvgIpc) is 2.42. The van der Waals surface area contributed by atoms with Crippen LogP contribution in [0, 0.1) is 20.8 Å². The predicted octanol–water partition coefficient (Wildman–Crippen LogP) is 3.32. The van der Waals surface area contributed by atoms with Gasteiger partial charge >= 0.3 is 0 Å². The number of hydrogen-bond donors (Lipinski definition) is 2. The van der Waals surface area contributed by atoms with Gasteiger partial charge in [0.2, 0.25) is 0 Å². The minimum atomic E-state index is 0. The zero-order valence-corrected chi connectivity index (χ0v) is 16.8. The lowest BCUT2D eigenvalue weighted by Gasteiger charge is -2.13. The molecule has 0 saturated carbocycles. The zero-order chi connectivity index (χ0) is 15.7. The maximum atomic E-state index is 5.33. The molecule has 0 fully saturated rings. The molecule has 0 aliphatic carbocycles. The first-order valence-corrected chi connectivity index (χ1v) is 7.75. The van der Waals surface area contributed by atoms with Gasteiger partial charge in [0.1, 0.15) is 0 Å². The van der Waals surface area contributed by atoms with Gasteiger partial charge in [-0.1, -0.05) is 17.7 Å². The van der Waals surface area contributed by atoms with Crippen LogP contribution in [-0.2, 0) is 11.3 Å². The van der Waals surface area contributed by atoms with E-state index in [-0.39, 0.29) is 24.0 Å². The van der Waals surface area contributed by atoms with Crippen LogP contribution in [0.3, 0.4) is 0 Å². The number of ether oxygens (including phenoxy) is 1. The summed E-state index contributed by atoms with van der Waals surface area (Å²) in [5.74, 6) is 0.844. The molecule has 0 spiro atoms. The van der Waals surface area contributed by atoms with Crippen molar-refractivity contribution in [3.05, 3.63) is 34.4 Å². The van der Waals surface area contributed by atoms with E-state index in [0.29, 0.717) is 13.2 Å². The molecular weight excluding hydrogens is 389 g/mol. The number of halogens is 1. The lowest BCUT2D eigenvalue weighted by molar-refractivity contribution is 0.152. The molecule has 22 heavy (non-hydrogen) atoms. The van der Waals surface area contributed by atoms with Crippen molar-refractivity contribution in [2.75, 3.05) is 26.3 Å². The Morgan fingerprint density at radius 2 is 1.73 bits per heavy atom. The molecule has 1 rings (SSSR count). The molecule has 0 aromatic heterocycles. The summed E-state index contributed by atoms with van der Waals surface area (Å²) >= 11 is 0. The van der Waals surface area contributed by atoms with Gasteiger partial charge in [-0.25, -0.2) is 4.99 Å². The van der Waals surface area contributed by atoms with Crippen molar-refractivity contribution < 1.29 is 4.74 Å². The van der Waals surface area contributed by atoms with Gasteiger partial charge in [0, 0.05) is 19.7 Å². The summed E-state index contributed by atoms with van der Waals surface area (Å²) in [6.45, 7) is 14.3. The lowest BCUT2D eigenvalue weighted by atomic mass is 10.00. The van der Waals surface area contributed by atoms with Crippen LogP contribution < -0.4 is 10.6 Å². The Morgan fingerprint density at radius 1 is 1.09 bits per heavy atom. The number of guanidine groups is 1. The molecule has 0 radical (unpaired) electrons. The van der Waals surface area contributed by atoms with Crippen molar-refractivity contribution in [1.82, 2.24) is 10.6 Å². The smallest absolute Gasteiger partial charge is 0.191 e. The number of benzene rings is 1. The second kappa shape index (κ2) is 11.7. The first-order valence-electron chi connectivity index (χ1n) is 7.75.